The molecule has 8 nitrogen and oxygen atoms in total. The molecule has 0 aliphatic carbocycles. The van der Waals surface area contributed by atoms with Crippen LogP contribution in [0.4, 0.5) is 16.2 Å². The summed E-state index contributed by atoms with van der Waals surface area (Å²) in [6, 6.07) is 20.8. The van der Waals surface area contributed by atoms with Crippen molar-refractivity contribution in [1.29, 1.82) is 0 Å². The monoisotopic (exact) mass is 475 g/mol. The molecule has 1 fully saturated rings. The highest BCUT2D eigenvalue weighted by Crippen LogP contribution is 2.26. The fourth-order valence-electron chi connectivity index (χ4n) is 3.26. The summed E-state index contributed by atoms with van der Waals surface area (Å²) in [6.07, 6.45) is 1.31. The number of hydrogen-bond acceptors (Lipinski definition) is 5. The Morgan fingerprint density at radius 3 is 2.47 bits per heavy atom. The van der Waals surface area contributed by atoms with E-state index in [1.807, 2.05) is 6.07 Å². The van der Waals surface area contributed by atoms with E-state index in [1.165, 1.54) is 18.2 Å². The molecule has 0 unspecified atom stereocenters. The number of para-hydroxylation sites is 2. The summed E-state index contributed by atoms with van der Waals surface area (Å²) >= 11 is 5.99. The summed E-state index contributed by atoms with van der Waals surface area (Å²) in [5, 5.41) is 5.19. The number of carbonyl (C=O) groups is 4. The average Bonchev–Trinajstić information content (AvgIpc) is 2.81. The lowest BCUT2D eigenvalue weighted by Gasteiger charge is -2.26. The van der Waals surface area contributed by atoms with E-state index in [-0.39, 0.29) is 29.5 Å². The predicted molar refractivity (Wildman–Crippen MR) is 127 cm³/mol. The van der Waals surface area contributed by atoms with Crippen LogP contribution in [0.2, 0.25) is 5.02 Å². The van der Waals surface area contributed by atoms with E-state index >= 15 is 0 Å². The van der Waals surface area contributed by atoms with Gasteiger partial charge in [-0.25, -0.2) is 9.69 Å². The molecular weight excluding hydrogens is 458 g/mol. The first kappa shape index (κ1) is 22.8. The molecule has 5 amide bonds. The number of halogens is 1. The van der Waals surface area contributed by atoms with Gasteiger partial charge in [0.15, 0.2) is 6.61 Å². The molecule has 0 radical (unpaired) electrons. The van der Waals surface area contributed by atoms with Gasteiger partial charge >= 0.3 is 6.03 Å². The van der Waals surface area contributed by atoms with Gasteiger partial charge in [0.2, 0.25) is 0 Å². The van der Waals surface area contributed by atoms with Gasteiger partial charge in [-0.1, -0.05) is 54.1 Å². The number of benzene rings is 3. The van der Waals surface area contributed by atoms with Crippen LogP contribution in [-0.4, -0.2) is 30.4 Å². The molecule has 1 heterocycles. The highest BCUT2D eigenvalue weighted by atomic mass is 35.5. The molecule has 9 heteroatoms. The average molecular weight is 476 g/mol. The molecule has 4 rings (SSSR count). The number of urea groups is 1. The maximum absolute atomic E-state index is 13.1. The summed E-state index contributed by atoms with van der Waals surface area (Å²) in [7, 11) is 0. The van der Waals surface area contributed by atoms with Crippen LogP contribution in [0.15, 0.2) is 84.4 Å². The minimum atomic E-state index is -0.878. The summed E-state index contributed by atoms with van der Waals surface area (Å²) in [6.45, 7) is -0.289. The second kappa shape index (κ2) is 10.0. The van der Waals surface area contributed by atoms with Crippen molar-refractivity contribution in [3.63, 3.8) is 0 Å². The van der Waals surface area contributed by atoms with Gasteiger partial charge in [-0.15, -0.1) is 0 Å². The number of barbiturate groups is 1. The number of anilines is 2. The van der Waals surface area contributed by atoms with Crippen molar-refractivity contribution in [1.82, 2.24) is 5.32 Å². The Bertz CT molecular complexity index is 1310. The van der Waals surface area contributed by atoms with Gasteiger partial charge in [0, 0.05) is 16.3 Å². The number of amides is 5. The van der Waals surface area contributed by atoms with Gasteiger partial charge in [-0.2, -0.15) is 0 Å². The van der Waals surface area contributed by atoms with Crippen LogP contribution in [0.3, 0.4) is 0 Å². The second-order valence-electron chi connectivity index (χ2n) is 7.18. The first-order chi connectivity index (χ1) is 16.4. The Labute approximate surface area is 199 Å². The van der Waals surface area contributed by atoms with Crippen LogP contribution in [0.1, 0.15) is 5.56 Å². The Morgan fingerprint density at radius 1 is 0.971 bits per heavy atom. The summed E-state index contributed by atoms with van der Waals surface area (Å²) in [4.78, 5) is 50.9. The van der Waals surface area contributed by atoms with Crippen molar-refractivity contribution in [2.45, 2.75) is 0 Å². The Morgan fingerprint density at radius 2 is 1.71 bits per heavy atom. The van der Waals surface area contributed by atoms with Crippen LogP contribution in [0, 0.1) is 0 Å². The fourth-order valence-corrected chi connectivity index (χ4v) is 3.44. The molecule has 170 valence electrons. The molecule has 3 aromatic rings. The van der Waals surface area contributed by atoms with Crippen LogP contribution in [-0.2, 0) is 14.4 Å². The molecule has 2 N–H and O–H groups in total. The van der Waals surface area contributed by atoms with Crippen LogP contribution < -0.4 is 20.3 Å². The van der Waals surface area contributed by atoms with Gasteiger partial charge in [-0.3, -0.25) is 19.7 Å². The number of hydrogen-bond donors (Lipinski definition) is 2. The highest BCUT2D eigenvalue weighted by molar-refractivity contribution is 6.39. The zero-order chi connectivity index (χ0) is 24.1. The van der Waals surface area contributed by atoms with E-state index in [9.17, 15) is 19.2 Å². The van der Waals surface area contributed by atoms with Gasteiger partial charge in [0.05, 0.1) is 5.69 Å². The molecule has 0 spiro atoms. The molecule has 1 aliphatic heterocycles. The Kier molecular flexibility index (Phi) is 6.70. The summed E-state index contributed by atoms with van der Waals surface area (Å²) in [5.41, 5.74) is 0.954. The van der Waals surface area contributed by atoms with Crippen molar-refractivity contribution in [3.05, 3.63) is 95.0 Å². The molecule has 1 saturated heterocycles. The van der Waals surface area contributed by atoms with Crippen molar-refractivity contribution >= 4 is 52.8 Å². The summed E-state index contributed by atoms with van der Waals surface area (Å²) in [5.74, 6) is -1.75. The fraction of sp³-hybridized carbons (Fsp3) is 0.0400. The van der Waals surface area contributed by atoms with Crippen LogP contribution >= 0.6 is 11.6 Å². The van der Waals surface area contributed by atoms with Crippen LogP contribution in [0.5, 0.6) is 5.75 Å². The van der Waals surface area contributed by atoms with Crippen LogP contribution in [0.25, 0.3) is 6.08 Å². The highest BCUT2D eigenvalue weighted by Gasteiger charge is 2.37. The largest absolute Gasteiger partial charge is 0.483 e. The van der Waals surface area contributed by atoms with E-state index in [1.54, 1.807) is 60.7 Å². The number of ether oxygens (including phenoxy) is 1. The summed E-state index contributed by atoms with van der Waals surface area (Å²) < 4.78 is 5.63. The minimum absolute atomic E-state index is 0.218. The Balaban J connectivity index is 1.56. The first-order valence-electron chi connectivity index (χ1n) is 10.2. The molecular formula is C25H18ClN3O5. The van der Waals surface area contributed by atoms with Crippen molar-refractivity contribution in [2.24, 2.45) is 0 Å². The normalized spacial score (nSPS) is 14.7. The molecule has 3 aromatic carbocycles. The van der Waals surface area contributed by atoms with Crippen molar-refractivity contribution in [3.8, 4) is 5.75 Å². The number of rotatable bonds is 6. The number of nitrogens with zero attached hydrogens (tertiary/aromatic N) is 1. The van der Waals surface area contributed by atoms with Gasteiger partial charge in [0.1, 0.15) is 11.3 Å². The maximum Gasteiger partial charge on any atom is 0.335 e. The molecule has 0 bridgehead atoms. The first-order valence-corrected chi connectivity index (χ1v) is 10.5. The number of imide groups is 2. The number of carbonyl (C=O) groups excluding carboxylic acids is 4. The zero-order valence-electron chi connectivity index (χ0n) is 17.7. The molecule has 1 aliphatic rings. The predicted octanol–water partition coefficient (Wildman–Crippen LogP) is 4.02. The third-order valence-electron chi connectivity index (χ3n) is 4.80. The SMILES string of the molecule is O=C(COc1ccccc1/C=C1/C(=O)NC(=O)N(c2cccc(Cl)c2)C1=O)Nc1ccccc1. The zero-order valence-corrected chi connectivity index (χ0v) is 18.4. The van der Waals surface area contributed by atoms with E-state index in [4.69, 9.17) is 16.3 Å². The standard InChI is InChI=1S/C25H18ClN3O5/c26-17-8-6-11-19(14-17)29-24(32)20(23(31)28-25(29)33)13-16-7-4-5-12-21(16)34-15-22(30)27-18-9-2-1-3-10-18/h1-14H,15H2,(H,27,30)(H,28,31,33)/b20-13-. The van der Waals surface area contributed by atoms with E-state index in [0.29, 0.717) is 16.3 Å². The molecule has 0 aromatic heterocycles. The van der Waals surface area contributed by atoms with E-state index in [2.05, 4.69) is 10.6 Å². The lowest BCUT2D eigenvalue weighted by Crippen LogP contribution is -2.54. The van der Waals surface area contributed by atoms with Gasteiger partial charge in [0.25, 0.3) is 17.7 Å². The van der Waals surface area contributed by atoms with E-state index < -0.39 is 17.8 Å². The Hall–Kier alpha value is -4.43. The second-order valence-corrected chi connectivity index (χ2v) is 7.61. The topological polar surface area (TPSA) is 105 Å². The van der Waals surface area contributed by atoms with E-state index in [0.717, 1.165) is 4.90 Å². The molecule has 0 atom stereocenters. The number of nitrogens with one attached hydrogen (secondary N) is 2. The maximum atomic E-state index is 13.1. The minimum Gasteiger partial charge on any atom is -0.483 e. The van der Waals surface area contributed by atoms with Gasteiger partial charge in [-0.05, 0) is 42.5 Å². The smallest absolute Gasteiger partial charge is 0.335 e. The van der Waals surface area contributed by atoms with Crippen molar-refractivity contribution in [2.75, 3.05) is 16.8 Å². The lowest BCUT2D eigenvalue weighted by atomic mass is 10.1. The lowest BCUT2D eigenvalue weighted by molar-refractivity contribution is -0.122. The quantitative estimate of drug-likeness (QED) is 0.414. The van der Waals surface area contributed by atoms with Gasteiger partial charge < -0.3 is 10.1 Å². The third kappa shape index (κ3) is 5.13. The van der Waals surface area contributed by atoms with Crippen molar-refractivity contribution < 1.29 is 23.9 Å². The third-order valence-corrected chi connectivity index (χ3v) is 5.04. The molecule has 0 saturated carbocycles. The molecule has 34 heavy (non-hydrogen) atoms.